The number of halogens is 2. The van der Waals surface area contributed by atoms with Gasteiger partial charge in [-0.05, 0) is 54.8 Å². The lowest BCUT2D eigenvalue weighted by Crippen LogP contribution is -2.23. The summed E-state index contributed by atoms with van der Waals surface area (Å²) in [6.45, 7) is 6.07. The van der Waals surface area contributed by atoms with E-state index in [0.717, 1.165) is 29.5 Å². The molecule has 0 saturated heterocycles. The Labute approximate surface area is 134 Å². The molecule has 2 rings (SSSR count). The van der Waals surface area contributed by atoms with Crippen LogP contribution in [0.2, 0.25) is 0 Å². The van der Waals surface area contributed by atoms with Crippen LogP contribution in [0, 0.1) is 12.7 Å². The van der Waals surface area contributed by atoms with Gasteiger partial charge in [-0.3, -0.25) is 0 Å². The third kappa shape index (κ3) is 4.39. The lowest BCUT2D eigenvalue weighted by atomic mass is 9.89. The number of benzene rings is 2. The number of nitrogens with one attached hydrogen (secondary N) is 1. The first-order valence-electron chi connectivity index (χ1n) is 7.32. The maximum absolute atomic E-state index is 13.5. The van der Waals surface area contributed by atoms with Gasteiger partial charge in [0.1, 0.15) is 5.82 Å². The summed E-state index contributed by atoms with van der Waals surface area (Å²) >= 11 is 3.53. The van der Waals surface area contributed by atoms with Gasteiger partial charge < -0.3 is 5.32 Å². The fraction of sp³-hybridized carbons (Fsp3) is 0.333. The van der Waals surface area contributed by atoms with Gasteiger partial charge >= 0.3 is 0 Å². The van der Waals surface area contributed by atoms with Crippen molar-refractivity contribution in [2.24, 2.45) is 0 Å². The molecular weight excluding hydrogens is 329 g/mol. The van der Waals surface area contributed by atoms with E-state index < -0.39 is 0 Å². The molecule has 0 aliphatic rings. The first-order chi connectivity index (χ1) is 10.1. The molecule has 0 bridgehead atoms. The topological polar surface area (TPSA) is 12.0 Å². The highest BCUT2D eigenvalue weighted by Crippen LogP contribution is 2.27. The molecule has 2 aromatic carbocycles. The third-order valence-corrected chi connectivity index (χ3v) is 4.52. The van der Waals surface area contributed by atoms with E-state index in [2.05, 4.69) is 59.4 Å². The summed E-state index contributed by atoms with van der Waals surface area (Å²) < 4.78 is 14.5. The van der Waals surface area contributed by atoms with Crippen LogP contribution >= 0.6 is 15.9 Å². The van der Waals surface area contributed by atoms with Crippen LogP contribution in [0.25, 0.3) is 0 Å². The second-order valence-corrected chi connectivity index (χ2v) is 6.16. The number of hydrogen-bond donors (Lipinski definition) is 1. The molecule has 0 heterocycles. The predicted octanol–water partition coefficient (Wildman–Crippen LogP) is 4.83. The lowest BCUT2D eigenvalue weighted by Gasteiger charge is -2.20. The van der Waals surface area contributed by atoms with Crippen LogP contribution in [-0.2, 0) is 6.42 Å². The van der Waals surface area contributed by atoms with Crippen molar-refractivity contribution in [1.29, 1.82) is 0 Å². The summed E-state index contributed by atoms with van der Waals surface area (Å²) in [5.41, 5.74) is 3.63. The molecule has 0 aliphatic heterocycles. The molecule has 1 atom stereocenters. The molecule has 0 amide bonds. The van der Waals surface area contributed by atoms with Crippen LogP contribution in [-0.4, -0.2) is 13.1 Å². The molecule has 21 heavy (non-hydrogen) atoms. The Kier molecular flexibility index (Phi) is 5.95. The van der Waals surface area contributed by atoms with E-state index in [9.17, 15) is 4.39 Å². The normalized spacial score (nSPS) is 12.4. The standard InChI is InChI=1S/C18H21BrFN/c1-3-21-12-15(17-7-5-4-6-13(17)2)10-14-11-16(20)8-9-18(14)19/h4-9,11,15,21H,3,10,12H2,1-2H3. The van der Waals surface area contributed by atoms with E-state index in [1.165, 1.54) is 17.2 Å². The zero-order valence-corrected chi connectivity index (χ0v) is 14.1. The second-order valence-electron chi connectivity index (χ2n) is 5.30. The van der Waals surface area contributed by atoms with Gasteiger partial charge in [0, 0.05) is 16.9 Å². The molecular formula is C18H21BrFN. The molecule has 1 unspecified atom stereocenters. The van der Waals surface area contributed by atoms with E-state index in [4.69, 9.17) is 0 Å². The summed E-state index contributed by atoms with van der Waals surface area (Å²) in [7, 11) is 0. The fourth-order valence-corrected chi connectivity index (χ4v) is 3.03. The van der Waals surface area contributed by atoms with Crippen molar-refractivity contribution in [3.8, 4) is 0 Å². The molecule has 0 spiro atoms. The third-order valence-electron chi connectivity index (χ3n) is 3.74. The lowest BCUT2D eigenvalue weighted by molar-refractivity contribution is 0.585. The fourth-order valence-electron chi connectivity index (χ4n) is 2.62. The largest absolute Gasteiger partial charge is 0.316 e. The van der Waals surface area contributed by atoms with E-state index in [1.54, 1.807) is 12.1 Å². The van der Waals surface area contributed by atoms with Gasteiger partial charge in [0.25, 0.3) is 0 Å². The zero-order valence-electron chi connectivity index (χ0n) is 12.5. The predicted molar refractivity (Wildman–Crippen MR) is 90.3 cm³/mol. The van der Waals surface area contributed by atoms with E-state index >= 15 is 0 Å². The number of likely N-dealkylation sites (N-methyl/N-ethyl adjacent to an activating group) is 1. The smallest absolute Gasteiger partial charge is 0.123 e. The minimum Gasteiger partial charge on any atom is -0.316 e. The van der Waals surface area contributed by atoms with Crippen LogP contribution in [0.4, 0.5) is 4.39 Å². The first kappa shape index (κ1) is 16.2. The second kappa shape index (κ2) is 7.71. The Hall–Kier alpha value is -1.19. The number of aryl methyl sites for hydroxylation is 1. The summed E-state index contributed by atoms with van der Waals surface area (Å²) in [5, 5.41) is 3.42. The minimum atomic E-state index is -0.180. The Morgan fingerprint density at radius 1 is 1.19 bits per heavy atom. The Bertz CT molecular complexity index is 598. The van der Waals surface area contributed by atoms with E-state index in [0.29, 0.717) is 5.92 Å². The van der Waals surface area contributed by atoms with Gasteiger partial charge in [0.2, 0.25) is 0 Å². The Morgan fingerprint density at radius 2 is 1.95 bits per heavy atom. The number of hydrogen-bond acceptors (Lipinski definition) is 1. The molecule has 1 nitrogen and oxygen atoms in total. The van der Waals surface area contributed by atoms with Crippen LogP contribution in [0.3, 0.4) is 0 Å². The number of rotatable bonds is 6. The minimum absolute atomic E-state index is 0.180. The Morgan fingerprint density at radius 3 is 2.67 bits per heavy atom. The molecule has 1 N–H and O–H groups in total. The molecule has 0 aliphatic carbocycles. The summed E-state index contributed by atoms with van der Waals surface area (Å²) in [6, 6.07) is 13.3. The SMILES string of the molecule is CCNCC(Cc1cc(F)ccc1Br)c1ccccc1C. The molecule has 3 heteroatoms. The van der Waals surface area contributed by atoms with Crippen molar-refractivity contribution < 1.29 is 4.39 Å². The Balaban J connectivity index is 2.28. The monoisotopic (exact) mass is 349 g/mol. The first-order valence-corrected chi connectivity index (χ1v) is 8.11. The van der Waals surface area contributed by atoms with Gasteiger partial charge in [0.15, 0.2) is 0 Å². The van der Waals surface area contributed by atoms with Crippen molar-refractivity contribution >= 4 is 15.9 Å². The van der Waals surface area contributed by atoms with Crippen molar-refractivity contribution in [2.45, 2.75) is 26.2 Å². The van der Waals surface area contributed by atoms with E-state index in [1.807, 2.05) is 0 Å². The average molecular weight is 350 g/mol. The van der Waals surface area contributed by atoms with Gasteiger partial charge in [-0.15, -0.1) is 0 Å². The van der Waals surface area contributed by atoms with Crippen LogP contribution in [0.1, 0.15) is 29.5 Å². The van der Waals surface area contributed by atoms with E-state index in [-0.39, 0.29) is 5.82 Å². The summed E-state index contributed by atoms with van der Waals surface area (Å²) in [6.07, 6.45) is 0.816. The molecule has 0 radical (unpaired) electrons. The zero-order chi connectivity index (χ0) is 15.2. The van der Waals surface area contributed by atoms with Crippen molar-refractivity contribution in [1.82, 2.24) is 5.32 Å². The van der Waals surface area contributed by atoms with Crippen LogP contribution < -0.4 is 5.32 Å². The van der Waals surface area contributed by atoms with Gasteiger partial charge in [-0.25, -0.2) is 4.39 Å². The molecule has 0 saturated carbocycles. The maximum Gasteiger partial charge on any atom is 0.123 e. The van der Waals surface area contributed by atoms with Gasteiger partial charge in [0.05, 0.1) is 0 Å². The van der Waals surface area contributed by atoms with Crippen LogP contribution in [0.5, 0.6) is 0 Å². The summed E-state index contributed by atoms with van der Waals surface area (Å²) in [5.74, 6) is 0.157. The quantitative estimate of drug-likeness (QED) is 0.787. The van der Waals surface area contributed by atoms with Gasteiger partial charge in [-0.1, -0.05) is 47.1 Å². The molecule has 0 aromatic heterocycles. The van der Waals surface area contributed by atoms with Crippen molar-refractivity contribution in [3.63, 3.8) is 0 Å². The highest BCUT2D eigenvalue weighted by molar-refractivity contribution is 9.10. The maximum atomic E-state index is 13.5. The molecule has 112 valence electrons. The summed E-state index contributed by atoms with van der Waals surface area (Å²) in [4.78, 5) is 0. The highest BCUT2D eigenvalue weighted by Gasteiger charge is 2.16. The molecule has 2 aromatic rings. The van der Waals surface area contributed by atoms with Crippen molar-refractivity contribution in [3.05, 3.63) is 69.4 Å². The van der Waals surface area contributed by atoms with Gasteiger partial charge in [-0.2, -0.15) is 0 Å². The molecule has 0 fully saturated rings. The highest BCUT2D eigenvalue weighted by atomic mass is 79.9. The van der Waals surface area contributed by atoms with Crippen molar-refractivity contribution in [2.75, 3.05) is 13.1 Å². The average Bonchev–Trinajstić information content (AvgIpc) is 2.48. The van der Waals surface area contributed by atoms with Crippen LogP contribution in [0.15, 0.2) is 46.9 Å².